The predicted molar refractivity (Wildman–Crippen MR) is 76.1 cm³/mol. The molecule has 0 amide bonds. The minimum Gasteiger partial charge on any atom is -0.398 e. The van der Waals surface area contributed by atoms with Crippen LogP contribution in [0, 0.1) is 0 Å². The summed E-state index contributed by atoms with van der Waals surface area (Å²) in [4.78, 5) is 2.52. The van der Waals surface area contributed by atoms with Gasteiger partial charge in [-0.05, 0) is 49.3 Å². The van der Waals surface area contributed by atoms with Gasteiger partial charge in [0.25, 0.3) is 0 Å². The summed E-state index contributed by atoms with van der Waals surface area (Å²) in [6.45, 7) is 3.29. The fourth-order valence-corrected chi connectivity index (χ4v) is 3.11. The first-order valence-electron chi connectivity index (χ1n) is 7.09. The van der Waals surface area contributed by atoms with Crippen LogP contribution in [0.25, 0.3) is 0 Å². The summed E-state index contributed by atoms with van der Waals surface area (Å²) in [7, 11) is 0. The van der Waals surface area contributed by atoms with Crippen LogP contribution < -0.4 is 5.73 Å². The van der Waals surface area contributed by atoms with Crippen LogP contribution in [0.5, 0.6) is 0 Å². The first kappa shape index (κ1) is 11.8. The van der Waals surface area contributed by atoms with Gasteiger partial charge in [0.05, 0.1) is 0 Å². The number of nitrogens with two attached hydrogens (primary N) is 1. The highest BCUT2D eigenvalue weighted by molar-refractivity contribution is 5.52. The van der Waals surface area contributed by atoms with Gasteiger partial charge in [0, 0.05) is 25.3 Å². The molecule has 1 heterocycles. The number of rotatable bonds is 3. The summed E-state index contributed by atoms with van der Waals surface area (Å²) in [5.74, 6) is 0. The Bertz CT molecular complexity index is 462. The highest BCUT2D eigenvalue weighted by Crippen LogP contribution is 2.28. The van der Waals surface area contributed by atoms with E-state index in [1.807, 2.05) is 6.07 Å². The van der Waals surface area contributed by atoms with Crippen LogP contribution in [-0.2, 0) is 13.1 Å². The molecule has 3 rings (SSSR count). The van der Waals surface area contributed by atoms with Crippen LogP contribution in [0.1, 0.15) is 43.2 Å². The molecule has 1 aliphatic carbocycles. The first-order valence-corrected chi connectivity index (χ1v) is 7.09. The van der Waals surface area contributed by atoms with Crippen LogP contribution in [0.15, 0.2) is 29.8 Å². The van der Waals surface area contributed by atoms with Crippen LogP contribution >= 0.6 is 0 Å². The third-order valence-corrected chi connectivity index (χ3v) is 4.22. The number of allylic oxidation sites excluding steroid dienone is 1. The molecule has 2 nitrogen and oxygen atoms in total. The molecule has 0 atom stereocenters. The third-order valence-electron chi connectivity index (χ3n) is 4.22. The molecule has 2 heteroatoms. The van der Waals surface area contributed by atoms with Gasteiger partial charge in [0.15, 0.2) is 0 Å². The van der Waals surface area contributed by atoms with Crippen molar-refractivity contribution >= 4 is 5.69 Å². The second kappa shape index (κ2) is 5.15. The zero-order valence-corrected chi connectivity index (χ0v) is 11.0. The fourth-order valence-electron chi connectivity index (χ4n) is 3.11. The minimum absolute atomic E-state index is 0.965. The summed E-state index contributed by atoms with van der Waals surface area (Å²) in [6.07, 6.45) is 9.09. The largest absolute Gasteiger partial charge is 0.398 e. The lowest BCUT2D eigenvalue weighted by Gasteiger charge is -2.18. The maximum atomic E-state index is 6.04. The molecule has 1 aliphatic heterocycles. The van der Waals surface area contributed by atoms with E-state index in [1.165, 1.54) is 49.8 Å². The Kier molecular flexibility index (Phi) is 3.37. The minimum atomic E-state index is 0.965. The van der Waals surface area contributed by atoms with Gasteiger partial charge < -0.3 is 5.73 Å². The van der Waals surface area contributed by atoms with Gasteiger partial charge in [-0.25, -0.2) is 0 Å². The number of nitrogens with zero attached hydrogens (tertiary/aromatic N) is 1. The number of fused-ring (bicyclic) bond motifs is 1. The van der Waals surface area contributed by atoms with E-state index in [0.29, 0.717) is 0 Å². The van der Waals surface area contributed by atoms with Crippen molar-refractivity contribution in [3.8, 4) is 0 Å². The molecule has 0 spiro atoms. The molecule has 1 aromatic rings. The summed E-state index contributed by atoms with van der Waals surface area (Å²) in [6, 6.07) is 6.30. The lowest BCUT2D eigenvalue weighted by molar-refractivity contribution is 0.286. The molecule has 0 unspecified atom stereocenters. The second-order valence-corrected chi connectivity index (χ2v) is 5.55. The average Bonchev–Trinajstić information content (AvgIpc) is 2.82. The van der Waals surface area contributed by atoms with E-state index < -0.39 is 0 Å². The molecule has 18 heavy (non-hydrogen) atoms. The maximum Gasteiger partial charge on any atom is 0.0363 e. The van der Waals surface area contributed by atoms with Crippen molar-refractivity contribution in [3.63, 3.8) is 0 Å². The zero-order valence-electron chi connectivity index (χ0n) is 11.0. The number of nitrogen functional groups attached to an aromatic ring is 1. The molecule has 2 N–H and O–H groups in total. The van der Waals surface area contributed by atoms with E-state index in [9.17, 15) is 0 Å². The molecule has 2 aliphatic rings. The molecule has 96 valence electrons. The van der Waals surface area contributed by atoms with Gasteiger partial charge in [0.2, 0.25) is 0 Å². The van der Waals surface area contributed by atoms with Crippen molar-refractivity contribution in [1.29, 1.82) is 0 Å². The van der Waals surface area contributed by atoms with Crippen molar-refractivity contribution in [2.24, 2.45) is 0 Å². The SMILES string of the molecule is Nc1cccc2c1CN(CCC1=CCCCC1)C2. The van der Waals surface area contributed by atoms with Crippen LogP contribution in [0.3, 0.4) is 0 Å². The summed E-state index contributed by atoms with van der Waals surface area (Å²) < 4.78 is 0. The van der Waals surface area contributed by atoms with Crippen molar-refractivity contribution in [1.82, 2.24) is 4.90 Å². The first-order chi connectivity index (χ1) is 8.83. The number of hydrogen-bond donors (Lipinski definition) is 1. The maximum absolute atomic E-state index is 6.04. The molecule has 0 bridgehead atoms. The van der Waals surface area contributed by atoms with Crippen molar-refractivity contribution in [2.75, 3.05) is 12.3 Å². The van der Waals surface area contributed by atoms with Gasteiger partial charge in [-0.2, -0.15) is 0 Å². The van der Waals surface area contributed by atoms with Gasteiger partial charge in [-0.15, -0.1) is 0 Å². The Morgan fingerprint density at radius 2 is 2.11 bits per heavy atom. The number of benzene rings is 1. The molecule has 0 fully saturated rings. The van der Waals surface area contributed by atoms with E-state index >= 15 is 0 Å². The Morgan fingerprint density at radius 3 is 2.89 bits per heavy atom. The summed E-state index contributed by atoms with van der Waals surface area (Å²) in [5.41, 5.74) is 11.5. The standard InChI is InChI=1S/C16H22N2/c17-16-8-4-7-14-11-18(12-15(14)16)10-9-13-5-2-1-3-6-13/h4-5,7-8H,1-3,6,9-12,17H2. The topological polar surface area (TPSA) is 29.3 Å². The Labute approximate surface area is 109 Å². The quantitative estimate of drug-likeness (QED) is 0.649. The molecule has 0 aromatic heterocycles. The van der Waals surface area contributed by atoms with E-state index in [1.54, 1.807) is 5.57 Å². The van der Waals surface area contributed by atoms with Crippen molar-refractivity contribution < 1.29 is 0 Å². The van der Waals surface area contributed by atoms with Crippen molar-refractivity contribution in [3.05, 3.63) is 41.0 Å². The molecule has 0 saturated heterocycles. The lowest BCUT2D eigenvalue weighted by Crippen LogP contribution is -2.18. The Balaban J connectivity index is 1.58. The van der Waals surface area contributed by atoms with E-state index in [0.717, 1.165) is 18.8 Å². The molecule has 0 saturated carbocycles. The molecular formula is C16H22N2. The normalized spacial score (nSPS) is 19.7. The monoisotopic (exact) mass is 242 g/mol. The van der Waals surface area contributed by atoms with Gasteiger partial charge in [-0.3, -0.25) is 4.90 Å². The van der Waals surface area contributed by atoms with E-state index in [4.69, 9.17) is 5.73 Å². The van der Waals surface area contributed by atoms with E-state index in [-0.39, 0.29) is 0 Å². The second-order valence-electron chi connectivity index (χ2n) is 5.55. The molecular weight excluding hydrogens is 220 g/mol. The summed E-state index contributed by atoms with van der Waals surface area (Å²) >= 11 is 0. The van der Waals surface area contributed by atoms with Crippen LogP contribution in [-0.4, -0.2) is 11.4 Å². The smallest absolute Gasteiger partial charge is 0.0363 e. The van der Waals surface area contributed by atoms with Gasteiger partial charge in [0.1, 0.15) is 0 Å². The van der Waals surface area contributed by atoms with E-state index in [2.05, 4.69) is 23.1 Å². The van der Waals surface area contributed by atoms with Crippen LogP contribution in [0.4, 0.5) is 5.69 Å². The third kappa shape index (κ3) is 2.44. The number of anilines is 1. The fraction of sp³-hybridized carbons (Fsp3) is 0.500. The van der Waals surface area contributed by atoms with Crippen LogP contribution in [0.2, 0.25) is 0 Å². The Morgan fingerprint density at radius 1 is 1.17 bits per heavy atom. The van der Waals surface area contributed by atoms with Gasteiger partial charge >= 0.3 is 0 Å². The van der Waals surface area contributed by atoms with Crippen molar-refractivity contribution in [2.45, 2.75) is 45.2 Å². The average molecular weight is 242 g/mol. The lowest BCUT2D eigenvalue weighted by atomic mass is 9.97. The molecule has 0 radical (unpaired) electrons. The highest BCUT2D eigenvalue weighted by Gasteiger charge is 2.20. The number of hydrogen-bond acceptors (Lipinski definition) is 2. The Hall–Kier alpha value is -1.28. The van der Waals surface area contributed by atoms with Gasteiger partial charge in [-0.1, -0.05) is 23.8 Å². The highest BCUT2D eigenvalue weighted by atomic mass is 15.1. The molecule has 1 aromatic carbocycles. The predicted octanol–water partition coefficient (Wildman–Crippen LogP) is 3.47. The summed E-state index contributed by atoms with van der Waals surface area (Å²) in [5, 5.41) is 0. The zero-order chi connectivity index (χ0) is 12.4.